The molecule has 0 atom stereocenters. The first-order valence-electron chi connectivity index (χ1n) is 3.23. The molecule has 0 aromatic carbocycles. The molecule has 0 unspecified atom stereocenters. The third-order valence-electron chi connectivity index (χ3n) is 1.14. The SMILES string of the molecule is CSCCc1nnc(CCl)s1. The molecule has 1 aromatic rings. The third-order valence-corrected chi connectivity index (χ3v) is 3.15. The highest BCUT2D eigenvalue weighted by Crippen LogP contribution is 2.13. The molecule has 0 radical (unpaired) electrons. The smallest absolute Gasteiger partial charge is 0.132 e. The molecule has 0 aliphatic heterocycles. The van der Waals surface area contributed by atoms with Crippen LogP contribution in [0.5, 0.6) is 0 Å². The topological polar surface area (TPSA) is 25.8 Å². The van der Waals surface area contributed by atoms with E-state index >= 15 is 0 Å². The van der Waals surface area contributed by atoms with E-state index in [1.54, 1.807) is 11.3 Å². The molecule has 1 aromatic heterocycles. The minimum Gasteiger partial charge on any atom is -0.165 e. The molecule has 11 heavy (non-hydrogen) atoms. The molecule has 1 rings (SSSR count). The van der Waals surface area contributed by atoms with Crippen molar-refractivity contribution < 1.29 is 0 Å². The Balaban J connectivity index is 2.44. The standard InChI is InChI=1S/C6H9ClN2S2/c1-10-3-2-5-8-9-6(4-7)11-5/h2-4H2,1H3. The number of hydrogen-bond donors (Lipinski definition) is 0. The van der Waals surface area contributed by atoms with Gasteiger partial charge in [-0.15, -0.1) is 33.1 Å². The molecular formula is C6H9ClN2S2. The van der Waals surface area contributed by atoms with Crippen LogP contribution in [-0.4, -0.2) is 22.2 Å². The summed E-state index contributed by atoms with van der Waals surface area (Å²) in [5.41, 5.74) is 0. The first-order chi connectivity index (χ1) is 5.36. The van der Waals surface area contributed by atoms with Crippen molar-refractivity contribution in [3.05, 3.63) is 10.0 Å². The molecular weight excluding hydrogens is 200 g/mol. The molecule has 0 N–H and O–H groups in total. The van der Waals surface area contributed by atoms with E-state index in [4.69, 9.17) is 11.6 Å². The van der Waals surface area contributed by atoms with Gasteiger partial charge >= 0.3 is 0 Å². The van der Waals surface area contributed by atoms with Gasteiger partial charge in [-0.05, 0) is 12.0 Å². The van der Waals surface area contributed by atoms with E-state index in [9.17, 15) is 0 Å². The van der Waals surface area contributed by atoms with Crippen LogP contribution in [0.1, 0.15) is 10.0 Å². The third kappa shape index (κ3) is 2.97. The summed E-state index contributed by atoms with van der Waals surface area (Å²) in [6, 6.07) is 0. The molecule has 0 fully saturated rings. The predicted octanol–water partition coefficient (Wildman–Crippen LogP) is 2.18. The lowest BCUT2D eigenvalue weighted by atomic mass is 10.5. The maximum atomic E-state index is 5.58. The molecule has 62 valence electrons. The maximum Gasteiger partial charge on any atom is 0.132 e. The minimum atomic E-state index is 0.483. The highest BCUT2D eigenvalue weighted by Gasteiger charge is 2.01. The number of rotatable bonds is 4. The highest BCUT2D eigenvalue weighted by atomic mass is 35.5. The van der Waals surface area contributed by atoms with Gasteiger partial charge in [0.15, 0.2) is 0 Å². The van der Waals surface area contributed by atoms with E-state index in [0.29, 0.717) is 5.88 Å². The summed E-state index contributed by atoms with van der Waals surface area (Å²) >= 11 is 9.00. The molecule has 0 amide bonds. The van der Waals surface area contributed by atoms with Gasteiger partial charge in [-0.2, -0.15) is 11.8 Å². The second-order valence-corrected chi connectivity index (χ2v) is 4.37. The summed E-state index contributed by atoms with van der Waals surface area (Å²) in [5, 5.41) is 9.92. The lowest BCUT2D eigenvalue weighted by Crippen LogP contribution is -1.85. The zero-order valence-electron chi connectivity index (χ0n) is 6.21. The van der Waals surface area contributed by atoms with Crippen LogP contribution in [-0.2, 0) is 12.3 Å². The van der Waals surface area contributed by atoms with Crippen molar-refractivity contribution in [3.63, 3.8) is 0 Å². The fraction of sp³-hybridized carbons (Fsp3) is 0.667. The summed E-state index contributed by atoms with van der Waals surface area (Å²) in [6.45, 7) is 0. The Labute approximate surface area is 79.4 Å². The number of alkyl halides is 1. The summed E-state index contributed by atoms with van der Waals surface area (Å²) in [7, 11) is 0. The minimum absolute atomic E-state index is 0.483. The van der Waals surface area contributed by atoms with Gasteiger partial charge in [0.05, 0.1) is 5.88 Å². The van der Waals surface area contributed by atoms with Crippen LogP contribution in [0, 0.1) is 0 Å². The van der Waals surface area contributed by atoms with Crippen LogP contribution in [0.4, 0.5) is 0 Å². The van der Waals surface area contributed by atoms with Gasteiger partial charge in [-0.3, -0.25) is 0 Å². The number of hydrogen-bond acceptors (Lipinski definition) is 4. The Hall–Kier alpha value is 0.200. The molecule has 5 heteroatoms. The van der Waals surface area contributed by atoms with Crippen LogP contribution in [0.15, 0.2) is 0 Å². The Morgan fingerprint density at radius 1 is 1.45 bits per heavy atom. The van der Waals surface area contributed by atoms with Crippen molar-refractivity contribution in [2.45, 2.75) is 12.3 Å². The molecule has 0 saturated carbocycles. The number of thioether (sulfide) groups is 1. The molecule has 0 aliphatic rings. The van der Waals surface area contributed by atoms with Gasteiger partial charge in [0.1, 0.15) is 10.0 Å². The van der Waals surface area contributed by atoms with E-state index in [1.807, 2.05) is 11.8 Å². The van der Waals surface area contributed by atoms with Crippen LogP contribution < -0.4 is 0 Å². The van der Waals surface area contributed by atoms with Crippen molar-refractivity contribution in [2.75, 3.05) is 12.0 Å². The highest BCUT2D eigenvalue weighted by molar-refractivity contribution is 7.98. The summed E-state index contributed by atoms with van der Waals surface area (Å²) in [6.07, 6.45) is 3.10. The van der Waals surface area contributed by atoms with Gasteiger partial charge in [-0.25, -0.2) is 0 Å². The number of nitrogens with zero attached hydrogens (tertiary/aromatic N) is 2. The Morgan fingerprint density at radius 3 is 2.73 bits per heavy atom. The van der Waals surface area contributed by atoms with Crippen molar-refractivity contribution in [1.82, 2.24) is 10.2 Å². The van der Waals surface area contributed by atoms with Crippen molar-refractivity contribution >= 4 is 34.7 Å². The Kier molecular flexibility index (Phi) is 4.18. The van der Waals surface area contributed by atoms with Crippen molar-refractivity contribution in [2.24, 2.45) is 0 Å². The van der Waals surface area contributed by atoms with Gasteiger partial charge in [0, 0.05) is 6.42 Å². The zero-order chi connectivity index (χ0) is 8.10. The first-order valence-corrected chi connectivity index (χ1v) is 5.97. The summed E-state index contributed by atoms with van der Waals surface area (Å²) in [4.78, 5) is 0. The van der Waals surface area contributed by atoms with Gasteiger partial charge < -0.3 is 0 Å². The normalized spacial score (nSPS) is 10.4. The lowest BCUT2D eigenvalue weighted by Gasteiger charge is -1.88. The average molecular weight is 209 g/mol. The van der Waals surface area contributed by atoms with Gasteiger partial charge in [0.2, 0.25) is 0 Å². The van der Waals surface area contributed by atoms with E-state index in [-0.39, 0.29) is 0 Å². The zero-order valence-corrected chi connectivity index (χ0v) is 8.60. The number of aryl methyl sites for hydroxylation is 1. The van der Waals surface area contributed by atoms with Gasteiger partial charge in [-0.1, -0.05) is 0 Å². The Morgan fingerprint density at radius 2 is 2.18 bits per heavy atom. The van der Waals surface area contributed by atoms with Crippen molar-refractivity contribution in [1.29, 1.82) is 0 Å². The van der Waals surface area contributed by atoms with E-state index < -0.39 is 0 Å². The quantitative estimate of drug-likeness (QED) is 0.710. The largest absolute Gasteiger partial charge is 0.165 e. The number of halogens is 1. The molecule has 0 spiro atoms. The lowest BCUT2D eigenvalue weighted by molar-refractivity contribution is 0.966. The molecule has 1 heterocycles. The van der Waals surface area contributed by atoms with E-state index in [0.717, 1.165) is 22.2 Å². The Bertz CT molecular complexity index is 214. The first kappa shape index (κ1) is 9.29. The summed E-state index contributed by atoms with van der Waals surface area (Å²) in [5.74, 6) is 1.59. The molecule has 0 aliphatic carbocycles. The van der Waals surface area contributed by atoms with E-state index in [1.165, 1.54) is 0 Å². The second-order valence-electron chi connectivity index (χ2n) is 1.97. The maximum absolute atomic E-state index is 5.58. The van der Waals surface area contributed by atoms with Gasteiger partial charge in [0.25, 0.3) is 0 Å². The molecule has 2 nitrogen and oxygen atoms in total. The average Bonchev–Trinajstić information content (AvgIpc) is 2.48. The molecule has 0 saturated heterocycles. The predicted molar refractivity (Wildman–Crippen MR) is 51.6 cm³/mol. The van der Waals surface area contributed by atoms with Crippen molar-refractivity contribution in [3.8, 4) is 0 Å². The number of aromatic nitrogens is 2. The molecule has 0 bridgehead atoms. The van der Waals surface area contributed by atoms with Crippen LogP contribution in [0.3, 0.4) is 0 Å². The van der Waals surface area contributed by atoms with Crippen LogP contribution in [0.25, 0.3) is 0 Å². The fourth-order valence-electron chi connectivity index (χ4n) is 0.633. The van der Waals surface area contributed by atoms with Crippen LogP contribution in [0.2, 0.25) is 0 Å². The fourth-order valence-corrected chi connectivity index (χ4v) is 2.07. The monoisotopic (exact) mass is 208 g/mol. The second kappa shape index (κ2) is 4.95. The van der Waals surface area contributed by atoms with E-state index in [2.05, 4.69) is 16.5 Å². The summed E-state index contributed by atoms with van der Waals surface area (Å²) < 4.78 is 0. The van der Waals surface area contributed by atoms with Crippen LogP contribution >= 0.6 is 34.7 Å².